The van der Waals surface area contributed by atoms with E-state index in [0.717, 1.165) is 30.4 Å². The van der Waals surface area contributed by atoms with Crippen LogP contribution in [0.4, 0.5) is 0 Å². The average Bonchev–Trinajstić information content (AvgIpc) is 2.96. The quantitative estimate of drug-likeness (QED) is 0.547. The fourth-order valence-electron chi connectivity index (χ4n) is 5.40. The Balaban J connectivity index is 2.24. The first-order valence-electron chi connectivity index (χ1n) is 11.0. The van der Waals surface area contributed by atoms with E-state index in [2.05, 4.69) is 17.7 Å². The number of carbonyl (C=O) groups is 1. The van der Waals surface area contributed by atoms with Crippen molar-refractivity contribution in [3.05, 3.63) is 34.9 Å². The third kappa shape index (κ3) is 4.00. The molecule has 7 heteroatoms. The predicted molar refractivity (Wildman–Crippen MR) is 120 cm³/mol. The van der Waals surface area contributed by atoms with Crippen molar-refractivity contribution in [1.82, 2.24) is 4.72 Å². The van der Waals surface area contributed by atoms with Crippen LogP contribution >= 0.6 is 0 Å². The van der Waals surface area contributed by atoms with Gasteiger partial charge in [-0.1, -0.05) is 13.0 Å². The number of nitrogens with zero attached hydrogens (tertiary/aromatic N) is 1. The number of methoxy groups -OCH3 is 1. The Morgan fingerprint density at radius 2 is 2.13 bits per heavy atom. The lowest BCUT2D eigenvalue weighted by Crippen LogP contribution is -2.64. The molecule has 1 fully saturated rings. The van der Waals surface area contributed by atoms with Crippen LogP contribution in [0.1, 0.15) is 70.6 Å². The molecule has 0 radical (unpaired) electrons. The van der Waals surface area contributed by atoms with Crippen molar-refractivity contribution in [3.63, 3.8) is 0 Å². The second-order valence-electron chi connectivity index (χ2n) is 9.89. The average molecular weight is 447 g/mol. The zero-order valence-corrected chi connectivity index (χ0v) is 20.2. The normalized spacial score (nSPS) is 31.2. The summed E-state index contributed by atoms with van der Waals surface area (Å²) in [5, 5.41) is 9.54. The molecule has 5 atom stereocenters. The fourth-order valence-corrected chi connectivity index (χ4v) is 6.39. The zero-order chi connectivity index (χ0) is 23.0. The minimum atomic E-state index is -1.52. The molecule has 1 spiro atoms. The lowest BCUT2D eigenvalue weighted by atomic mass is 9.59. The van der Waals surface area contributed by atoms with Gasteiger partial charge in [-0.3, -0.25) is 0 Å². The highest BCUT2D eigenvalue weighted by atomic mass is 32.2. The van der Waals surface area contributed by atoms with Crippen LogP contribution in [0.2, 0.25) is 0 Å². The van der Waals surface area contributed by atoms with Gasteiger partial charge in [-0.05, 0) is 82.6 Å². The molecule has 0 aromatic heterocycles. The standard InChI is InChI=1S/C24H34N2O4S/c1-7-30-21(27)24(26-31(28)22(3,4)5)19-12-17(15-25)8-9-18(19)14-23(24)11-10-20(29-6)16(2)13-23/h8-9,12,16,20,26H,7,10-11,13-14H2,1-6H3/t16-,20-,23-,24+,31-/m0/s1. The molecule has 1 N–H and O–H groups in total. The maximum atomic E-state index is 13.8. The van der Waals surface area contributed by atoms with Gasteiger partial charge in [0, 0.05) is 23.9 Å². The van der Waals surface area contributed by atoms with E-state index in [4.69, 9.17) is 9.47 Å². The molecule has 170 valence electrons. The molecule has 1 saturated carbocycles. The zero-order valence-electron chi connectivity index (χ0n) is 19.4. The van der Waals surface area contributed by atoms with Gasteiger partial charge < -0.3 is 14.0 Å². The Hall–Kier alpha value is -1.59. The van der Waals surface area contributed by atoms with Crippen LogP contribution in [0.5, 0.6) is 0 Å². The van der Waals surface area contributed by atoms with Gasteiger partial charge in [0.15, 0.2) is 5.54 Å². The minimum absolute atomic E-state index is 0.122. The summed E-state index contributed by atoms with van der Waals surface area (Å²) in [6, 6.07) is 7.69. The van der Waals surface area contributed by atoms with Crippen molar-refractivity contribution in [1.29, 1.82) is 5.26 Å². The van der Waals surface area contributed by atoms with Crippen LogP contribution in [-0.2, 0) is 37.6 Å². The summed E-state index contributed by atoms with van der Waals surface area (Å²) in [6.45, 7) is 9.80. The van der Waals surface area contributed by atoms with Gasteiger partial charge in [-0.25, -0.2) is 4.79 Å². The van der Waals surface area contributed by atoms with E-state index in [1.807, 2.05) is 26.8 Å². The molecule has 1 aromatic carbocycles. The fraction of sp³-hybridized carbons (Fsp3) is 0.667. The van der Waals surface area contributed by atoms with Gasteiger partial charge in [0.1, 0.15) is 4.75 Å². The number of hydrogen-bond donors (Lipinski definition) is 1. The summed E-state index contributed by atoms with van der Waals surface area (Å²) < 4.78 is 27.5. The summed E-state index contributed by atoms with van der Waals surface area (Å²) in [5.74, 6) is -0.188. The van der Waals surface area contributed by atoms with Crippen molar-refractivity contribution < 1.29 is 18.8 Å². The first-order chi connectivity index (χ1) is 14.5. The van der Waals surface area contributed by atoms with Gasteiger partial charge >= 0.3 is 5.97 Å². The van der Waals surface area contributed by atoms with Crippen LogP contribution in [0.3, 0.4) is 0 Å². The van der Waals surface area contributed by atoms with Gasteiger partial charge in [-0.15, -0.1) is 4.72 Å². The highest BCUT2D eigenvalue weighted by Gasteiger charge is 2.67. The molecular weight excluding hydrogens is 412 g/mol. The number of carbonyl (C=O) groups excluding carboxylic acids is 1. The number of fused-ring (bicyclic) bond motifs is 1. The third-order valence-corrected chi connectivity index (χ3v) is 8.51. The van der Waals surface area contributed by atoms with E-state index in [-0.39, 0.29) is 18.6 Å². The first kappa shape index (κ1) is 24.1. The van der Waals surface area contributed by atoms with E-state index >= 15 is 0 Å². The maximum Gasteiger partial charge on any atom is 0.336 e. The van der Waals surface area contributed by atoms with Crippen LogP contribution < -0.4 is 4.72 Å². The largest absolute Gasteiger partial charge is 0.598 e. The van der Waals surface area contributed by atoms with Crippen molar-refractivity contribution in [2.75, 3.05) is 13.7 Å². The van der Waals surface area contributed by atoms with Gasteiger partial charge in [-0.2, -0.15) is 5.26 Å². The summed E-state index contributed by atoms with van der Waals surface area (Å²) in [7, 11) is 1.73. The Morgan fingerprint density at radius 3 is 2.68 bits per heavy atom. The molecule has 31 heavy (non-hydrogen) atoms. The number of nitrogens with one attached hydrogen (secondary N) is 1. The first-order valence-corrected chi connectivity index (χ1v) is 12.1. The third-order valence-electron chi connectivity index (χ3n) is 6.91. The van der Waals surface area contributed by atoms with Crippen LogP contribution in [-0.4, -0.2) is 35.1 Å². The molecule has 0 aliphatic heterocycles. The van der Waals surface area contributed by atoms with Crippen LogP contribution in [0.25, 0.3) is 0 Å². The second-order valence-corrected chi connectivity index (χ2v) is 11.9. The number of esters is 1. The number of benzene rings is 1. The Morgan fingerprint density at radius 1 is 1.42 bits per heavy atom. The number of hydrogen-bond acceptors (Lipinski definition) is 6. The van der Waals surface area contributed by atoms with Crippen molar-refractivity contribution in [3.8, 4) is 6.07 Å². The highest BCUT2D eigenvalue weighted by molar-refractivity contribution is 7.90. The Kier molecular flexibility index (Phi) is 6.79. The van der Waals surface area contributed by atoms with Crippen molar-refractivity contribution in [2.24, 2.45) is 11.3 Å². The van der Waals surface area contributed by atoms with E-state index in [9.17, 15) is 14.6 Å². The number of rotatable bonds is 5. The predicted octanol–water partition coefficient (Wildman–Crippen LogP) is 3.75. The molecule has 3 rings (SSSR count). The van der Waals surface area contributed by atoms with E-state index in [1.54, 1.807) is 26.2 Å². The van der Waals surface area contributed by atoms with Gasteiger partial charge in [0.2, 0.25) is 0 Å². The molecule has 2 aliphatic carbocycles. The topological polar surface area (TPSA) is 94.4 Å². The van der Waals surface area contributed by atoms with Crippen molar-refractivity contribution >= 4 is 17.3 Å². The molecule has 0 amide bonds. The van der Waals surface area contributed by atoms with E-state index in [0.29, 0.717) is 12.0 Å². The SMILES string of the molecule is CCOC(=O)[C@]1(N[S@@+]([O-])C(C)(C)C)c2cc(C#N)ccc2C[C@@]12CC[C@H](OC)[C@@H](C)C2. The molecule has 0 bridgehead atoms. The summed E-state index contributed by atoms with van der Waals surface area (Å²) >= 11 is -1.52. The van der Waals surface area contributed by atoms with Crippen LogP contribution in [0, 0.1) is 22.7 Å². The van der Waals surface area contributed by atoms with E-state index in [1.165, 1.54) is 0 Å². The second kappa shape index (κ2) is 8.74. The van der Waals surface area contributed by atoms with Gasteiger partial charge in [0.05, 0.1) is 24.3 Å². The minimum Gasteiger partial charge on any atom is -0.598 e. The number of ether oxygens (including phenoxy) is 2. The molecular formula is C24H34N2O4S. The summed E-state index contributed by atoms with van der Waals surface area (Å²) in [6.07, 6.45) is 3.07. The lowest BCUT2D eigenvalue weighted by Gasteiger charge is -2.50. The molecule has 6 nitrogen and oxygen atoms in total. The molecule has 0 heterocycles. The smallest absolute Gasteiger partial charge is 0.336 e. The highest BCUT2D eigenvalue weighted by Crippen LogP contribution is 2.60. The van der Waals surface area contributed by atoms with E-state index < -0.39 is 33.0 Å². The van der Waals surface area contributed by atoms with Crippen LogP contribution in [0.15, 0.2) is 18.2 Å². The molecule has 0 saturated heterocycles. The lowest BCUT2D eigenvalue weighted by molar-refractivity contribution is -0.160. The number of nitriles is 1. The summed E-state index contributed by atoms with van der Waals surface area (Å²) in [4.78, 5) is 13.8. The molecule has 0 unspecified atom stereocenters. The Bertz CT molecular complexity index is 877. The monoisotopic (exact) mass is 446 g/mol. The van der Waals surface area contributed by atoms with Crippen molar-refractivity contribution in [2.45, 2.75) is 76.7 Å². The Labute approximate surface area is 189 Å². The summed E-state index contributed by atoms with van der Waals surface area (Å²) in [5.41, 5.74) is 0.423. The maximum absolute atomic E-state index is 13.8. The van der Waals surface area contributed by atoms with Gasteiger partial charge in [0.25, 0.3) is 0 Å². The molecule has 2 aliphatic rings. The molecule has 1 aromatic rings.